The van der Waals surface area contributed by atoms with Gasteiger partial charge in [0, 0.05) is 20.0 Å². The molecule has 0 atom stereocenters. The van der Waals surface area contributed by atoms with Crippen LogP contribution in [0.5, 0.6) is 0 Å². The molecule has 0 aliphatic heterocycles. The first kappa shape index (κ1) is 14.7. The van der Waals surface area contributed by atoms with Gasteiger partial charge >= 0.3 is 0 Å². The van der Waals surface area contributed by atoms with E-state index < -0.39 is 0 Å². The second-order valence-corrected chi connectivity index (χ2v) is 5.60. The van der Waals surface area contributed by atoms with Gasteiger partial charge in [-0.25, -0.2) is 0 Å². The van der Waals surface area contributed by atoms with E-state index in [1.54, 1.807) is 4.90 Å². The van der Waals surface area contributed by atoms with Gasteiger partial charge in [0.05, 0.1) is 0 Å². The fourth-order valence-corrected chi connectivity index (χ4v) is 1.88. The molecule has 0 unspecified atom stereocenters. The molecule has 100 valence electrons. The van der Waals surface area contributed by atoms with Gasteiger partial charge in [0.15, 0.2) is 0 Å². The zero-order chi connectivity index (χ0) is 13.6. The molecular weight excluding hydrogens is 224 g/mol. The van der Waals surface area contributed by atoms with E-state index in [4.69, 9.17) is 5.73 Å². The standard InChI is InChI=1S/C15H24N2O/c1-15(2,11-16)12-17(3)14(18)10-9-13-7-5-4-6-8-13/h4-8H,9-12,16H2,1-3H3. The van der Waals surface area contributed by atoms with E-state index in [9.17, 15) is 4.79 Å². The molecule has 0 saturated carbocycles. The highest BCUT2D eigenvalue weighted by Gasteiger charge is 2.20. The van der Waals surface area contributed by atoms with Crippen molar-refractivity contribution >= 4 is 5.91 Å². The zero-order valence-electron chi connectivity index (χ0n) is 11.6. The Morgan fingerprint density at radius 2 is 1.89 bits per heavy atom. The van der Waals surface area contributed by atoms with Crippen molar-refractivity contribution in [2.45, 2.75) is 26.7 Å². The smallest absolute Gasteiger partial charge is 0.222 e. The third-order valence-electron chi connectivity index (χ3n) is 3.11. The molecule has 1 aromatic carbocycles. The summed E-state index contributed by atoms with van der Waals surface area (Å²) in [7, 11) is 1.85. The molecule has 0 radical (unpaired) electrons. The Hall–Kier alpha value is -1.35. The van der Waals surface area contributed by atoms with Crippen molar-refractivity contribution < 1.29 is 4.79 Å². The minimum absolute atomic E-state index is 0.0167. The Labute approximate surface area is 110 Å². The average molecular weight is 248 g/mol. The summed E-state index contributed by atoms with van der Waals surface area (Å²) in [5.74, 6) is 0.181. The van der Waals surface area contributed by atoms with Gasteiger partial charge in [-0.15, -0.1) is 0 Å². The van der Waals surface area contributed by atoms with E-state index in [0.717, 1.165) is 6.42 Å². The molecule has 0 aliphatic carbocycles. The summed E-state index contributed by atoms with van der Waals surface area (Å²) in [5.41, 5.74) is 6.87. The number of aryl methyl sites for hydroxylation is 1. The van der Waals surface area contributed by atoms with E-state index in [1.807, 2.05) is 25.2 Å². The first-order valence-electron chi connectivity index (χ1n) is 6.42. The Bertz CT molecular complexity index is 373. The van der Waals surface area contributed by atoms with Gasteiger partial charge in [0.2, 0.25) is 5.91 Å². The first-order valence-corrected chi connectivity index (χ1v) is 6.42. The first-order chi connectivity index (χ1) is 8.44. The summed E-state index contributed by atoms with van der Waals surface area (Å²) in [5, 5.41) is 0. The molecule has 0 fully saturated rings. The molecular formula is C15H24N2O. The lowest BCUT2D eigenvalue weighted by atomic mass is 9.93. The average Bonchev–Trinajstić information content (AvgIpc) is 2.36. The fourth-order valence-electron chi connectivity index (χ4n) is 1.88. The van der Waals surface area contributed by atoms with Crippen molar-refractivity contribution in [3.05, 3.63) is 35.9 Å². The van der Waals surface area contributed by atoms with Crippen LogP contribution < -0.4 is 5.73 Å². The van der Waals surface area contributed by atoms with Crippen LogP contribution in [0.4, 0.5) is 0 Å². The topological polar surface area (TPSA) is 46.3 Å². The highest BCUT2D eigenvalue weighted by atomic mass is 16.2. The molecule has 3 heteroatoms. The molecule has 0 aromatic heterocycles. The Morgan fingerprint density at radius 3 is 2.44 bits per heavy atom. The van der Waals surface area contributed by atoms with Gasteiger partial charge in [0.25, 0.3) is 0 Å². The maximum atomic E-state index is 12.0. The molecule has 0 aliphatic rings. The lowest BCUT2D eigenvalue weighted by molar-refractivity contribution is -0.131. The SMILES string of the molecule is CN(CC(C)(C)CN)C(=O)CCc1ccccc1. The van der Waals surface area contributed by atoms with Crippen molar-refractivity contribution in [1.82, 2.24) is 4.90 Å². The Balaban J connectivity index is 2.41. The lowest BCUT2D eigenvalue weighted by Gasteiger charge is -2.29. The molecule has 18 heavy (non-hydrogen) atoms. The van der Waals surface area contributed by atoms with E-state index in [1.165, 1.54) is 5.56 Å². The largest absolute Gasteiger partial charge is 0.345 e. The predicted molar refractivity (Wildman–Crippen MR) is 75.2 cm³/mol. The number of nitrogens with two attached hydrogens (primary N) is 1. The summed E-state index contributed by atoms with van der Waals surface area (Å²) in [6.45, 7) is 5.45. The van der Waals surface area contributed by atoms with E-state index in [2.05, 4.69) is 26.0 Å². The van der Waals surface area contributed by atoms with Crippen LogP contribution >= 0.6 is 0 Å². The van der Waals surface area contributed by atoms with Crippen LogP contribution in [0.25, 0.3) is 0 Å². The van der Waals surface area contributed by atoms with E-state index >= 15 is 0 Å². The zero-order valence-corrected chi connectivity index (χ0v) is 11.6. The van der Waals surface area contributed by atoms with Crippen LogP contribution in [0, 0.1) is 5.41 Å². The van der Waals surface area contributed by atoms with Crippen molar-refractivity contribution in [1.29, 1.82) is 0 Å². The van der Waals surface area contributed by atoms with Crippen molar-refractivity contribution in [3.8, 4) is 0 Å². The number of carbonyl (C=O) groups excluding carboxylic acids is 1. The van der Waals surface area contributed by atoms with Gasteiger partial charge in [0.1, 0.15) is 0 Å². The molecule has 1 aromatic rings. The number of hydrogen-bond acceptors (Lipinski definition) is 2. The van der Waals surface area contributed by atoms with Crippen LogP contribution in [-0.4, -0.2) is 30.9 Å². The number of hydrogen-bond donors (Lipinski definition) is 1. The third kappa shape index (κ3) is 4.88. The Kier molecular flexibility index (Phi) is 5.35. The number of benzene rings is 1. The monoisotopic (exact) mass is 248 g/mol. The van der Waals surface area contributed by atoms with Crippen molar-refractivity contribution in [2.75, 3.05) is 20.1 Å². The molecule has 2 N–H and O–H groups in total. The quantitative estimate of drug-likeness (QED) is 0.837. The highest BCUT2D eigenvalue weighted by Crippen LogP contribution is 2.14. The molecule has 0 bridgehead atoms. The normalized spacial score (nSPS) is 11.3. The van der Waals surface area contributed by atoms with Crippen LogP contribution in [0.2, 0.25) is 0 Å². The molecule has 0 saturated heterocycles. The lowest BCUT2D eigenvalue weighted by Crippen LogP contribution is -2.39. The molecule has 1 amide bonds. The van der Waals surface area contributed by atoms with Gasteiger partial charge in [-0.3, -0.25) is 4.79 Å². The number of nitrogens with zero attached hydrogens (tertiary/aromatic N) is 1. The van der Waals surface area contributed by atoms with E-state index in [0.29, 0.717) is 19.5 Å². The Morgan fingerprint density at radius 1 is 1.28 bits per heavy atom. The van der Waals surface area contributed by atoms with Gasteiger partial charge in [-0.1, -0.05) is 44.2 Å². The minimum atomic E-state index is -0.0167. The predicted octanol–water partition coefficient (Wildman–Crippen LogP) is 2.06. The molecule has 1 rings (SSSR count). The molecule has 0 spiro atoms. The third-order valence-corrected chi connectivity index (χ3v) is 3.11. The van der Waals surface area contributed by atoms with Crippen LogP contribution in [0.1, 0.15) is 25.8 Å². The summed E-state index contributed by atoms with van der Waals surface area (Å²) in [4.78, 5) is 13.8. The summed E-state index contributed by atoms with van der Waals surface area (Å²) in [6.07, 6.45) is 1.36. The van der Waals surface area contributed by atoms with Gasteiger partial charge < -0.3 is 10.6 Å². The number of rotatable bonds is 6. The van der Waals surface area contributed by atoms with Crippen LogP contribution in [0.15, 0.2) is 30.3 Å². The van der Waals surface area contributed by atoms with Crippen LogP contribution in [0.3, 0.4) is 0 Å². The summed E-state index contributed by atoms with van der Waals surface area (Å²) in [6, 6.07) is 10.1. The fraction of sp³-hybridized carbons (Fsp3) is 0.533. The van der Waals surface area contributed by atoms with Gasteiger partial charge in [-0.05, 0) is 23.9 Å². The van der Waals surface area contributed by atoms with Crippen molar-refractivity contribution in [3.63, 3.8) is 0 Å². The second kappa shape index (κ2) is 6.55. The highest BCUT2D eigenvalue weighted by molar-refractivity contribution is 5.76. The number of amides is 1. The minimum Gasteiger partial charge on any atom is -0.345 e. The maximum Gasteiger partial charge on any atom is 0.222 e. The van der Waals surface area contributed by atoms with Crippen molar-refractivity contribution in [2.24, 2.45) is 11.1 Å². The molecule has 0 heterocycles. The number of carbonyl (C=O) groups is 1. The molecule has 3 nitrogen and oxygen atoms in total. The van der Waals surface area contributed by atoms with E-state index in [-0.39, 0.29) is 11.3 Å². The summed E-state index contributed by atoms with van der Waals surface area (Å²) < 4.78 is 0. The van der Waals surface area contributed by atoms with Gasteiger partial charge in [-0.2, -0.15) is 0 Å². The van der Waals surface area contributed by atoms with Crippen LogP contribution in [-0.2, 0) is 11.2 Å². The maximum absolute atomic E-state index is 12.0. The second-order valence-electron chi connectivity index (χ2n) is 5.60. The summed E-state index contributed by atoms with van der Waals surface area (Å²) >= 11 is 0.